The van der Waals surface area contributed by atoms with Crippen molar-refractivity contribution < 1.29 is 4.74 Å². The predicted molar refractivity (Wildman–Crippen MR) is 82.7 cm³/mol. The molecule has 2 atom stereocenters. The molecule has 0 amide bonds. The summed E-state index contributed by atoms with van der Waals surface area (Å²) in [6.45, 7) is 12.7. The SMILES string of the molecule is CCCNC(c1cccc(C)c1C)C(CC)OCC. The summed E-state index contributed by atoms with van der Waals surface area (Å²) in [7, 11) is 0. The van der Waals surface area contributed by atoms with Gasteiger partial charge in [-0.25, -0.2) is 0 Å². The highest BCUT2D eigenvalue weighted by Gasteiger charge is 2.23. The fraction of sp³-hybridized carbons (Fsp3) is 0.647. The molecule has 1 rings (SSSR count). The van der Waals surface area contributed by atoms with Gasteiger partial charge in [-0.1, -0.05) is 32.0 Å². The molecule has 108 valence electrons. The highest BCUT2D eigenvalue weighted by atomic mass is 16.5. The molecule has 2 heteroatoms. The zero-order valence-corrected chi connectivity index (χ0v) is 13.1. The van der Waals surface area contributed by atoms with Crippen molar-refractivity contribution in [3.63, 3.8) is 0 Å². The van der Waals surface area contributed by atoms with Crippen molar-refractivity contribution >= 4 is 0 Å². The van der Waals surface area contributed by atoms with E-state index in [0.29, 0.717) is 6.04 Å². The van der Waals surface area contributed by atoms with E-state index in [1.165, 1.54) is 16.7 Å². The van der Waals surface area contributed by atoms with E-state index < -0.39 is 0 Å². The van der Waals surface area contributed by atoms with E-state index in [4.69, 9.17) is 4.74 Å². The van der Waals surface area contributed by atoms with Gasteiger partial charge < -0.3 is 10.1 Å². The quantitative estimate of drug-likeness (QED) is 0.760. The number of hydrogen-bond acceptors (Lipinski definition) is 2. The summed E-state index contributed by atoms with van der Waals surface area (Å²) in [5, 5.41) is 3.66. The van der Waals surface area contributed by atoms with Gasteiger partial charge in [-0.2, -0.15) is 0 Å². The van der Waals surface area contributed by atoms with Gasteiger partial charge in [0.1, 0.15) is 0 Å². The Morgan fingerprint density at radius 2 is 1.89 bits per heavy atom. The lowest BCUT2D eigenvalue weighted by atomic mass is 9.93. The molecule has 2 nitrogen and oxygen atoms in total. The van der Waals surface area contributed by atoms with Gasteiger partial charge in [-0.3, -0.25) is 0 Å². The van der Waals surface area contributed by atoms with Gasteiger partial charge in [0.25, 0.3) is 0 Å². The van der Waals surface area contributed by atoms with Crippen molar-refractivity contribution in [1.29, 1.82) is 0 Å². The fourth-order valence-corrected chi connectivity index (χ4v) is 2.52. The lowest BCUT2D eigenvalue weighted by Gasteiger charge is -2.29. The third-order valence-electron chi connectivity index (χ3n) is 3.75. The molecule has 0 bridgehead atoms. The second kappa shape index (κ2) is 8.34. The Bertz CT molecular complexity index is 376. The summed E-state index contributed by atoms with van der Waals surface area (Å²) in [5.41, 5.74) is 4.12. The van der Waals surface area contributed by atoms with E-state index >= 15 is 0 Å². The van der Waals surface area contributed by atoms with Gasteiger partial charge in [0, 0.05) is 6.61 Å². The Kier molecular flexibility index (Phi) is 7.11. The van der Waals surface area contributed by atoms with E-state index in [0.717, 1.165) is 26.0 Å². The zero-order chi connectivity index (χ0) is 14.3. The molecule has 0 aliphatic carbocycles. The average molecular weight is 263 g/mol. The van der Waals surface area contributed by atoms with Crippen LogP contribution in [0.15, 0.2) is 18.2 Å². The molecule has 19 heavy (non-hydrogen) atoms. The molecular formula is C17H29NO. The number of aryl methyl sites for hydroxylation is 1. The fourth-order valence-electron chi connectivity index (χ4n) is 2.52. The largest absolute Gasteiger partial charge is 0.377 e. The molecule has 2 unspecified atom stereocenters. The lowest BCUT2D eigenvalue weighted by Crippen LogP contribution is -2.34. The molecule has 1 N–H and O–H groups in total. The molecular weight excluding hydrogens is 234 g/mol. The molecule has 0 aliphatic rings. The number of ether oxygens (including phenoxy) is 1. The van der Waals surface area contributed by atoms with Gasteiger partial charge in [-0.15, -0.1) is 0 Å². The predicted octanol–water partition coefficient (Wildman–Crippen LogP) is 4.16. The van der Waals surface area contributed by atoms with Crippen LogP contribution in [0, 0.1) is 13.8 Å². The first-order valence-corrected chi connectivity index (χ1v) is 7.56. The van der Waals surface area contributed by atoms with Crippen LogP contribution in [0.2, 0.25) is 0 Å². The van der Waals surface area contributed by atoms with Crippen LogP contribution in [0.3, 0.4) is 0 Å². The third-order valence-corrected chi connectivity index (χ3v) is 3.75. The number of hydrogen-bond donors (Lipinski definition) is 1. The van der Waals surface area contributed by atoms with Gasteiger partial charge in [0.15, 0.2) is 0 Å². The van der Waals surface area contributed by atoms with Crippen molar-refractivity contribution in [2.45, 2.75) is 59.6 Å². The van der Waals surface area contributed by atoms with Crippen molar-refractivity contribution in [3.05, 3.63) is 34.9 Å². The summed E-state index contributed by atoms with van der Waals surface area (Å²) in [6, 6.07) is 6.86. The summed E-state index contributed by atoms with van der Waals surface area (Å²) >= 11 is 0. The molecule has 1 aromatic carbocycles. The van der Waals surface area contributed by atoms with Crippen LogP contribution >= 0.6 is 0 Å². The molecule has 0 heterocycles. The van der Waals surface area contributed by atoms with Crippen LogP contribution in [0.25, 0.3) is 0 Å². The second-order valence-corrected chi connectivity index (χ2v) is 5.12. The lowest BCUT2D eigenvalue weighted by molar-refractivity contribution is 0.0312. The van der Waals surface area contributed by atoms with Crippen LogP contribution in [-0.4, -0.2) is 19.3 Å². The molecule has 0 aromatic heterocycles. The van der Waals surface area contributed by atoms with Crippen molar-refractivity contribution in [3.8, 4) is 0 Å². The maximum atomic E-state index is 5.94. The summed E-state index contributed by atoms with van der Waals surface area (Å²) in [6.07, 6.45) is 2.42. The van der Waals surface area contributed by atoms with Gasteiger partial charge >= 0.3 is 0 Å². The summed E-state index contributed by atoms with van der Waals surface area (Å²) in [4.78, 5) is 0. The monoisotopic (exact) mass is 263 g/mol. The molecule has 0 aliphatic heterocycles. The first kappa shape index (κ1) is 16.2. The van der Waals surface area contributed by atoms with Gasteiger partial charge in [-0.05, 0) is 56.8 Å². The zero-order valence-electron chi connectivity index (χ0n) is 13.1. The summed E-state index contributed by atoms with van der Waals surface area (Å²) in [5.74, 6) is 0. The van der Waals surface area contributed by atoms with Crippen molar-refractivity contribution in [2.24, 2.45) is 0 Å². The Balaban J connectivity index is 3.03. The van der Waals surface area contributed by atoms with Crippen LogP contribution < -0.4 is 5.32 Å². The van der Waals surface area contributed by atoms with Crippen molar-refractivity contribution in [2.75, 3.05) is 13.2 Å². The minimum atomic E-state index is 0.247. The molecule has 0 saturated heterocycles. The maximum absolute atomic E-state index is 5.94. The first-order valence-electron chi connectivity index (χ1n) is 7.56. The van der Waals surface area contributed by atoms with E-state index in [1.54, 1.807) is 0 Å². The molecule has 0 spiro atoms. The average Bonchev–Trinajstić information content (AvgIpc) is 2.42. The van der Waals surface area contributed by atoms with E-state index in [1.807, 2.05) is 0 Å². The minimum Gasteiger partial charge on any atom is -0.377 e. The van der Waals surface area contributed by atoms with Crippen molar-refractivity contribution in [1.82, 2.24) is 5.32 Å². The normalized spacial score (nSPS) is 14.4. The smallest absolute Gasteiger partial charge is 0.0767 e. The van der Waals surface area contributed by atoms with E-state index in [-0.39, 0.29) is 6.10 Å². The first-order chi connectivity index (χ1) is 9.15. The summed E-state index contributed by atoms with van der Waals surface area (Å²) < 4.78 is 5.94. The van der Waals surface area contributed by atoms with E-state index in [9.17, 15) is 0 Å². The molecule has 0 saturated carbocycles. The highest BCUT2D eigenvalue weighted by molar-refractivity contribution is 5.36. The second-order valence-electron chi connectivity index (χ2n) is 5.12. The van der Waals surface area contributed by atoms with Crippen LogP contribution in [0.4, 0.5) is 0 Å². The Morgan fingerprint density at radius 3 is 2.47 bits per heavy atom. The standard InChI is InChI=1S/C17H29NO/c1-6-12-18-17(16(7-2)19-8-3)15-11-9-10-13(4)14(15)5/h9-11,16-18H,6-8,12H2,1-5H3. The Labute approximate surface area is 118 Å². The van der Waals surface area contributed by atoms with E-state index in [2.05, 4.69) is 58.1 Å². The van der Waals surface area contributed by atoms with Gasteiger partial charge in [0.05, 0.1) is 12.1 Å². The van der Waals surface area contributed by atoms with Crippen LogP contribution in [-0.2, 0) is 4.74 Å². The molecule has 1 aromatic rings. The van der Waals surface area contributed by atoms with Crippen LogP contribution in [0.1, 0.15) is 56.3 Å². The number of benzene rings is 1. The molecule has 0 radical (unpaired) electrons. The highest BCUT2D eigenvalue weighted by Crippen LogP contribution is 2.26. The number of nitrogens with one attached hydrogen (secondary N) is 1. The topological polar surface area (TPSA) is 21.3 Å². The Hall–Kier alpha value is -0.860. The maximum Gasteiger partial charge on any atom is 0.0767 e. The molecule has 0 fully saturated rings. The Morgan fingerprint density at radius 1 is 1.16 bits per heavy atom. The minimum absolute atomic E-state index is 0.247. The van der Waals surface area contributed by atoms with Crippen LogP contribution in [0.5, 0.6) is 0 Å². The third kappa shape index (κ3) is 4.32. The van der Waals surface area contributed by atoms with Gasteiger partial charge in [0.2, 0.25) is 0 Å². The number of rotatable bonds is 8.